The molecule has 3 nitrogen and oxygen atoms in total. The van der Waals surface area contributed by atoms with Crippen LogP contribution in [0.5, 0.6) is 0 Å². The Kier molecular flexibility index (Phi) is 5.12. The first kappa shape index (κ1) is 15.0. The summed E-state index contributed by atoms with van der Waals surface area (Å²) in [6, 6.07) is 8.71. The zero-order valence-corrected chi connectivity index (χ0v) is 13.3. The smallest absolute Gasteiger partial charge is 0.0727 e. The van der Waals surface area contributed by atoms with Crippen LogP contribution < -0.4 is 5.73 Å². The highest BCUT2D eigenvalue weighted by atomic mass is 32.2. The first-order valence-electron chi connectivity index (χ1n) is 7.17. The summed E-state index contributed by atoms with van der Waals surface area (Å²) in [7, 11) is 0. The molecule has 2 N–H and O–H groups in total. The first-order chi connectivity index (χ1) is 9.65. The molecule has 0 bridgehead atoms. The molecule has 1 aromatic heterocycles. The third-order valence-corrected chi connectivity index (χ3v) is 4.88. The maximum Gasteiger partial charge on any atom is 0.0727 e. The number of hydrogen-bond acceptors (Lipinski definition) is 3. The van der Waals surface area contributed by atoms with Crippen LogP contribution in [0.25, 0.3) is 0 Å². The average molecular weight is 289 g/mol. The van der Waals surface area contributed by atoms with Gasteiger partial charge in [-0.05, 0) is 43.5 Å². The van der Waals surface area contributed by atoms with Crippen LogP contribution in [0.15, 0.2) is 35.4 Å². The van der Waals surface area contributed by atoms with Gasteiger partial charge >= 0.3 is 0 Å². The van der Waals surface area contributed by atoms with E-state index in [1.54, 1.807) is 11.8 Å². The van der Waals surface area contributed by atoms with Gasteiger partial charge in [-0.1, -0.05) is 19.9 Å². The molecule has 0 fully saturated rings. The van der Waals surface area contributed by atoms with Crippen LogP contribution in [0.1, 0.15) is 44.0 Å². The lowest BCUT2D eigenvalue weighted by atomic mass is 10.2. The zero-order chi connectivity index (χ0) is 14.5. The number of nitrogens with two attached hydrogens (primary N) is 1. The molecule has 0 spiro atoms. The van der Waals surface area contributed by atoms with E-state index in [9.17, 15) is 0 Å². The fraction of sp³-hybridized carbons (Fsp3) is 0.438. The normalized spacial score (nSPS) is 11.2. The van der Waals surface area contributed by atoms with Crippen LogP contribution in [0, 0.1) is 6.92 Å². The van der Waals surface area contributed by atoms with Crippen molar-refractivity contribution in [2.45, 2.75) is 50.3 Å². The second-order valence-electron chi connectivity index (χ2n) is 5.02. The van der Waals surface area contributed by atoms with Crippen LogP contribution in [0.4, 0.5) is 5.69 Å². The standard InChI is InChI=1S/C16H23N3S/c1-4-14(5-2)19-10-9-13(18-19)11-20-16-8-6-7-15(17)12(16)3/h6-10,14H,4-5,11,17H2,1-3H3. The lowest BCUT2D eigenvalue weighted by Gasteiger charge is -2.12. The molecule has 2 rings (SSSR count). The van der Waals surface area contributed by atoms with Crippen LogP contribution in [-0.2, 0) is 5.75 Å². The minimum Gasteiger partial charge on any atom is -0.398 e. The van der Waals surface area contributed by atoms with Gasteiger partial charge in [0.25, 0.3) is 0 Å². The van der Waals surface area contributed by atoms with Crippen molar-refractivity contribution in [3.8, 4) is 0 Å². The summed E-state index contributed by atoms with van der Waals surface area (Å²) in [5, 5.41) is 4.68. The second kappa shape index (κ2) is 6.84. The third kappa shape index (κ3) is 3.37. The highest BCUT2D eigenvalue weighted by Gasteiger charge is 2.09. The summed E-state index contributed by atoms with van der Waals surface area (Å²) >= 11 is 1.80. The van der Waals surface area contributed by atoms with Gasteiger partial charge in [0.05, 0.1) is 11.7 Å². The molecule has 0 aliphatic carbocycles. The van der Waals surface area contributed by atoms with Gasteiger partial charge in [0.15, 0.2) is 0 Å². The topological polar surface area (TPSA) is 43.8 Å². The maximum atomic E-state index is 5.94. The highest BCUT2D eigenvalue weighted by Crippen LogP contribution is 2.28. The Morgan fingerprint density at radius 2 is 2.00 bits per heavy atom. The average Bonchev–Trinajstić information content (AvgIpc) is 2.91. The highest BCUT2D eigenvalue weighted by molar-refractivity contribution is 7.98. The van der Waals surface area contributed by atoms with E-state index in [0.717, 1.165) is 35.5 Å². The van der Waals surface area contributed by atoms with Crippen molar-refractivity contribution in [2.24, 2.45) is 0 Å². The van der Waals surface area contributed by atoms with Crippen LogP contribution in [0.3, 0.4) is 0 Å². The van der Waals surface area contributed by atoms with Gasteiger partial charge in [-0.2, -0.15) is 5.10 Å². The molecule has 0 amide bonds. The largest absolute Gasteiger partial charge is 0.398 e. The fourth-order valence-corrected chi connectivity index (χ4v) is 3.23. The van der Waals surface area contributed by atoms with Crippen LogP contribution in [0.2, 0.25) is 0 Å². The van der Waals surface area contributed by atoms with Gasteiger partial charge in [0.1, 0.15) is 0 Å². The number of thioether (sulfide) groups is 1. The van der Waals surface area contributed by atoms with Gasteiger partial charge in [0, 0.05) is 22.5 Å². The minimum atomic E-state index is 0.517. The predicted octanol–water partition coefficient (Wildman–Crippen LogP) is 4.43. The molecule has 2 aromatic rings. The van der Waals surface area contributed by atoms with Crippen molar-refractivity contribution in [2.75, 3.05) is 5.73 Å². The first-order valence-corrected chi connectivity index (χ1v) is 8.16. The molecule has 0 unspecified atom stereocenters. The molecule has 0 aliphatic heterocycles. The molecule has 0 saturated heterocycles. The molecule has 0 saturated carbocycles. The van der Waals surface area contributed by atoms with E-state index in [4.69, 9.17) is 5.73 Å². The van der Waals surface area contributed by atoms with Gasteiger partial charge in [-0.25, -0.2) is 0 Å². The van der Waals surface area contributed by atoms with E-state index in [2.05, 4.69) is 48.9 Å². The number of aromatic nitrogens is 2. The summed E-state index contributed by atoms with van der Waals surface area (Å²) in [6.07, 6.45) is 4.35. The molecular formula is C16H23N3S. The molecule has 0 aliphatic rings. The van der Waals surface area contributed by atoms with Gasteiger partial charge < -0.3 is 5.73 Å². The second-order valence-corrected chi connectivity index (χ2v) is 6.03. The van der Waals surface area contributed by atoms with Crippen molar-refractivity contribution < 1.29 is 0 Å². The van der Waals surface area contributed by atoms with Gasteiger partial charge in [-0.3, -0.25) is 4.68 Å². The zero-order valence-electron chi connectivity index (χ0n) is 12.5. The summed E-state index contributed by atoms with van der Waals surface area (Å²) in [4.78, 5) is 1.24. The minimum absolute atomic E-state index is 0.517. The van der Waals surface area contributed by atoms with Crippen molar-refractivity contribution in [1.82, 2.24) is 9.78 Å². The fourth-order valence-electron chi connectivity index (χ4n) is 2.26. The number of anilines is 1. The number of nitrogen functional groups attached to an aromatic ring is 1. The number of nitrogens with zero attached hydrogens (tertiary/aromatic N) is 2. The number of hydrogen-bond donors (Lipinski definition) is 1. The van der Waals surface area contributed by atoms with E-state index >= 15 is 0 Å². The Labute approximate surface area is 125 Å². The molecule has 0 atom stereocenters. The SMILES string of the molecule is CCC(CC)n1ccc(CSc2cccc(N)c2C)n1. The van der Waals surface area contributed by atoms with E-state index in [0.29, 0.717) is 6.04 Å². The predicted molar refractivity (Wildman–Crippen MR) is 87.0 cm³/mol. The van der Waals surface area contributed by atoms with Crippen LogP contribution >= 0.6 is 11.8 Å². The monoisotopic (exact) mass is 289 g/mol. The Bertz CT molecular complexity index is 559. The summed E-state index contributed by atoms with van der Waals surface area (Å²) in [5.74, 6) is 0.886. The van der Waals surface area contributed by atoms with Crippen molar-refractivity contribution in [3.63, 3.8) is 0 Å². The summed E-state index contributed by atoms with van der Waals surface area (Å²) < 4.78 is 2.10. The number of rotatable bonds is 6. The van der Waals surface area contributed by atoms with Crippen molar-refractivity contribution in [1.29, 1.82) is 0 Å². The molecule has 1 aromatic carbocycles. The maximum absolute atomic E-state index is 5.94. The molecule has 0 radical (unpaired) electrons. The molecule has 20 heavy (non-hydrogen) atoms. The summed E-state index contributed by atoms with van der Waals surface area (Å²) in [5.41, 5.74) is 9.09. The van der Waals surface area contributed by atoms with E-state index < -0.39 is 0 Å². The van der Waals surface area contributed by atoms with Crippen LogP contribution in [-0.4, -0.2) is 9.78 Å². The molecule has 1 heterocycles. The van der Waals surface area contributed by atoms with Gasteiger partial charge in [0.2, 0.25) is 0 Å². The third-order valence-electron chi connectivity index (χ3n) is 3.68. The van der Waals surface area contributed by atoms with Gasteiger partial charge in [-0.15, -0.1) is 11.8 Å². The van der Waals surface area contributed by atoms with Crippen molar-refractivity contribution >= 4 is 17.4 Å². The lowest BCUT2D eigenvalue weighted by Crippen LogP contribution is -2.07. The lowest BCUT2D eigenvalue weighted by molar-refractivity contribution is 0.426. The Morgan fingerprint density at radius 1 is 1.25 bits per heavy atom. The molecule has 4 heteroatoms. The summed E-state index contributed by atoms with van der Waals surface area (Å²) in [6.45, 7) is 6.49. The van der Waals surface area contributed by atoms with E-state index in [-0.39, 0.29) is 0 Å². The Morgan fingerprint density at radius 3 is 2.70 bits per heavy atom. The van der Waals surface area contributed by atoms with Crippen molar-refractivity contribution in [3.05, 3.63) is 41.7 Å². The van der Waals surface area contributed by atoms with E-state index in [1.165, 1.54) is 4.90 Å². The molecule has 108 valence electrons. The van der Waals surface area contributed by atoms with E-state index in [1.807, 2.05) is 12.1 Å². The Balaban J connectivity index is 2.03. The molecular weight excluding hydrogens is 266 g/mol. The quantitative estimate of drug-likeness (QED) is 0.632. The Hall–Kier alpha value is -1.42. The number of benzene rings is 1.